The van der Waals surface area contributed by atoms with Gasteiger partial charge < -0.3 is 14.6 Å². The van der Waals surface area contributed by atoms with Crippen molar-refractivity contribution in [2.75, 3.05) is 51.0 Å². The fraction of sp³-hybridized carbons (Fsp3) is 0.579. The molecule has 0 saturated carbocycles. The lowest BCUT2D eigenvalue weighted by Gasteiger charge is -2.28. The van der Waals surface area contributed by atoms with Gasteiger partial charge >= 0.3 is 6.18 Å². The Morgan fingerprint density at radius 2 is 2.00 bits per heavy atom. The summed E-state index contributed by atoms with van der Waals surface area (Å²) in [5.74, 6) is 2.19. The molecule has 2 heterocycles. The average Bonchev–Trinajstić information content (AvgIpc) is 2.67. The Bertz CT molecular complexity index is 660. The van der Waals surface area contributed by atoms with Crippen LogP contribution in [0.15, 0.2) is 24.3 Å². The number of aliphatic hydroxyl groups excluding tert-OH is 1. The molecule has 1 fully saturated rings. The Labute approximate surface area is 161 Å². The first-order chi connectivity index (χ1) is 12.9. The van der Waals surface area contributed by atoms with Gasteiger partial charge in [0.2, 0.25) is 0 Å². The van der Waals surface area contributed by atoms with E-state index in [1.165, 1.54) is 0 Å². The molecule has 1 aromatic rings. The summed E-state index contributed by atoms with van der Waals surface area (Å²) < 4.78 is 50.6. The van der Waals surface area contributed by atoms with Gasteiger partial charge in [-0.15, -0.1) is 0 Å². The van der Waals surface area contributed by atoms with Crippen molar-refractivity contribution in [1.82, 2.24) is 4.90 Å². The molecule has 1 aromatic carbocycles. The predicted molar refractivity (Wildman–Crippen MR) is 100 cm³/mol. The summed E-state index contributed by atoms with van der Waals surface area (Å²) in [5.41, 5.74) is 0.569. The molecule has 1 atom stereocenters. The van der Waals surface area contributed by atoms with Crippen LogP contribution in [0.25, 0.3) is 5.57 Å². The van der Waals surface area contributed by atoms with Gasteiger partial charge in [0.15, 0.2) is 0 Å². The minimum absolute atomic E-state index is 0.0352. The van der Waals surface area contributed by atoms with Crippen LogP contribution in [0.3, 0.4) is 0 Å². The van der Waals surface area contributed by atoms with Gasteiger partial charge in [0, 0.05) is 31.1 Å². The first kappa shape index (κ1) is 20.5. The lowest BCUT2D eigenvalue weighted by Crippen LogP contribution is -2.40. The number of nitrogens with zero attached hydrogens (tertiary/aromatic N) is 1. The van der Waals surface area contributed by atoms with E-state index in [0.29, 0.717) is 31.7 Å². The Hall–Kier alpha value is -1.22. The molecular formula is C19H24F3NO3S. The third-order valence-electron chi connectivity index (χ3n) is 4.58. The molecule has 27 heavy (non-hydrogen) atoms. The molecule has 1 saturated heterocycles. The van der Waals surface area contributed by atoms with Crippen molar-refractivity contribution in [2.45, 2.75) is 18.7 Å². The van der Waals surface area contributed by atoms with Crippen LogP contribution in [0, 0.1) is 0 Å². The van der Waals surface area contributed by atoms with E-state index in [-0.39, 0.29) is 12.4 Å². The van der Waals surface area contributed by atoms with E-state index < -0.39 is 17.8 Å². The molecule has 4 nitrogen and oxygen atoms in total. The molecule has 8 heteroatoms. The highest BCUT2D eigenvalue weighted by Crippen LogP contribution is 2.35. The van der Waals surface area contributed by atoms with Gasteiger partial charge in [-0.25, -0.2) is 0 Å². The minimum atomic E-state index is -4.45. The Morgan fingerprint density at radius 3 is 2.67 bits per heavy atom. The lowest BCUT2D eigenvalue weighted by molar-refractivity contribution is -0.137. The maximum absolute atomic E-state index is 13.3. The Balaban J connectivity index is 1.68. The summed E-state index contributed by atoms with van der Waals surface area (Å²) in [7, 11) is 0. The number of thioether (sulfide) groups is 1. The summed E-state index contributed by atoms with van der Waals surface area (Å²) in [6.45, 7) is 3.14. The van der Waals surface area contributed by atoms with Crippen molar-refractivity contribution in [1.29, 1.82) is 0 Å². The van der Waals surface area contributed by atoms with Crippen molar-refractivity contribution in [3.05, 3.63) is 35.4 Å². The van der Waals surface area contributed by atoms with Gasteiger partial charge in [-0.2, -0.15) is 24.9 Å². The van der Waals surface area contributed by atoms with Crippen molar-refractivity contribution < 1.29 is 27.8 Å². The van der Waals surface area contributed by atoms with E-state index >= 15 is 0 Å². The number of hydrogen-bond acceptors (Lipinski definition) is 5. The maximum atomic E-state index is 13.3. The predicted octanol–water partition coefficient (Wildman–Crippen LogP) is 3.30. The number of aliphatic hydroxyl groups is 1. The summed E-state index contributed by atoms with van der Waals surface area (Å²) >= 11 is 1.88. The van der Waals surface area contributed by atoms with Crippen LogP contribution >= 0.6 is 11.8 Å². The van der Waals surface area contributed by atoms with Gasteiger partial charge in [-0.1, -0.05) is 6.08 Å². The van der Waals surface area contributed by atoms with E-state index in [1.807, 2.05) is 11.8 Å². The summed E-state index contributed by atoms with van der Waals surface area (Å²) in [5, 5.41) is 10.2. The number of benzene rings is 1. The molecule has 3 rings (SSSR count). The Kier molecular flexibility index (Phi) is 7.08. The first-order valence-corrected chi connectivity index (χ1v) is 10.2. The topological polar surface area (TPSA) is 41.9 Å². The van der Waals surface area contributed by atoms with E-state index in [9.17, 15) is 18.3 Å². The number of halogens is 3. The van der Waals surface area contributed by atoms with Crippen LogP contribution in [0.5, 0.6) is 5.75 Å². The third kappa shape index (κ3) is 6.14. The van der Waals surface area contributed by atoms with Crippen molar-refractivity contribution in [3.8, 4) is 5.75 Å². The smallest absolute Gasteiger partial charge is 0.416 e. The molecule has 2 aliphatic rings. The maximum Gasteiger partial charge on any atom is 0.416 e. The van der Waals surface area contributed by atoms with Crippen LogP contribution < -0.4 is 4.74 Å². The highest BCUT2D eigenvalue weighted by atomic mass is 32.2. The van der Waals surface area contributed by atoms with E-state index in [2.05, 4.69) is 4.90 Å². The summed E-state index contributed by atoms with van der Waals surface area (Å²) in [6.07, 6.45) is -2.83. The molecule has 2 aliphatic heterocycles. The number of ether oxygens (including phenoxy) is 2. The van der Waals surface area contributed by atoms with Gasteiger partial charge in [-0.05, 0) is 35.8 Å². The second kappa shape index (κ2) is 9.32. The second-order valence-electron chi connectivity index (χ2n) is 6.68. The van der Waals surface area contributed by atoms with E-state index in [1.54, 1.807) is 12.1 Å². The molecule has 0 amide bonds. The highest BCUT2D eigenvalue weighted by Gasteiger charge is 2.32. The first-order valence-electron chi connectivity index (χ1n) is 9.02. The standard InChI is InChI=1S/C19H24F3NO3S/c20-19(21,22)16-9-15(14-1-5-25-6-2-14)10-18(11-16)26-13-17(24)12-23-3-7-27-8-4-23/h1,9-11,17,24H,2-8,12-13H2. The van der Waals surface area contributed by atoms with Gasteiger partial charge in [-0.3, -0.25) is 4.90 Å². The molecule has 0 aliphatic carbocycles. The highest BCUT2D eigenvalue weighted by molar-refractivity contribution is 7.99. The zero-order valence-corrected chi connectivity index (χ0v) is 15.8. The quantitative estimate of drug-likeness (QED) is 0.790. The van der Waals surface area contributed by atoms with Crippen molar-refractivity contribution >= 4 is 17.3 Å². The summed E-state index contributed by atoms with van der Waals surface area (Å²) in [6, 6.07) is 3.75. The average molecular weight is 403 g/mol. The number of rotatable bonds is 6. The van der Waals surface area contributed by atoms with Crippen LogP contribution in [0.4, 0.5) is 13.2 Å². The zero-order valence-electron chi connectivity index (χ0n) is 15.0. The molecule has 0 spiro atoms. The fourth-order valence-electron chi connectivity index (χ4n) is 3.15. The van der Waals surface area contributed by atoms with Crippen LogP contribution in [0.2, 0.25) is 0 Å². The molecule has 0 radical (unpaired) electrons. The number of alkyl halides is 3. The molecule has 1 N–H and O–H groups in total. The Morgan fingerprint density at radius 1 is 1.22 bits per heavy atom. The molecule has 1 unspecified atom stereocenters. The molecule has 0 bridgehead atoms. The molecule has 150 valence electrons. The minimum Gasteiger partial charge on any atom is -0.491 e. The largest absolute Gasteiger partial charge is 0.491 e. The number of β-amino-alcohol motifs (C(OH)–C–C–N with tert-alkyl or cyclic N) is 1. The van der Waals surface area contributed by atoms with Crippen LogP contribution in [0.1, 0.15) is 17.5 Å². The summed E-state index contributed by atoms with van der Waals surface area (Å²) in [4.78, 5) is 2.15. The van der Waals surface area contributed by atoms with E-state index in [0.717, 1.165) is 42.3 Å². The van der Waals surface area contributed by atoms with Crippen molar-refractivity contribution in [2.24, 2.45) is 0 Å². The molecular weight excluding hydrogens is 379 g/mol. The van der Waals surface area contributed by atoms with Gasteiger partial charge in [0.1, 0.15) is 18.5 Å². The van der Waals surface area contributed by atoms with Gasteiger partial charge in [0.25, 0.3) is 0 Å². The van der Waals surface area contributed by atoms with E-state index in [4.69, 9.17) is 9.47 Å². The van der Waals surface area contributed by atoms with Crippen molar-refractivity contribution in [3.63, 3.8) is 0 Å². The monoisotopic (exact) mass is 403 g/mol. The normalized spacial score (nSPS) is 20.2. The van der Waals surface area contributed by atoms with Crippen LogP contribution in [-0.2, 0) is 10.9 Å². The second-order valence-corrected chi connectivity index (χ2v) is 7.90. The third-order valence-corrected chi connectivity index (χ3v) is 5.53. The zero-order chi connectivity index (χ0) is 19.3. The van der Waals surface area contributed by atoms with Crippen LogP contribution in [-0.4, -0.2) is 67.1 Å². The fourth-order valence-corrected chi connectivity index (χ4v) is 4.13. The SMILES string of the molecule is OC(COc1cc(C2=CCOCC2)cc(C(F)(F)F)c1)CN1CCSCC1. The lowest BCUT2D eigenvalue weighted by atomic mass is 9.99. The number of hydrogen-bond donors (Lipinski definition) is 1. The van der Waals surface area contributed by atoms with Gasteiger partial charge in [0.05, 0.1) is 18.8 Å². The molecule has 0 aromatic heterocycles.